The van der Waals surface area contributed by atoms with Crippen molar-refractivity contribution in [3.63, 3.8) is 0 Å². The molecule has 32 heavy (non-hydrogen) atoms. The fourth-order valence-corrected chi connectivity index (χ4v) is 2.90. The van der Waals surface area contributed by atoms with Crippen molar-refractivity contribution in [1.29, 1.82) is 0 Å². The summed E-state index contributed by atoms with van der Waals surface area (Å²) in [6, 6.07) is 2.66. The number of carboxylic acid groups (broad SMARTS) is 1. The quantitative estimate of drug-likeness (QED) is 0.204. The number of imidazole rings is 1. The number of aromatic nitrogens is 2. The normalized spacial score (nSPS) is 13.5. The molecule has 0 unspecified atom stereocenters. The van der Waals surface area contributed by atoms with Crippen LogP contribution >= 0.6 is 0 Å². The summed E-state index contributed by atoms with van der Waals surface area (Å²) in [6.07, 6.45) is 2.60. The van der Waals surface area contributed by atoms with Gasteiger partial charge >= 0.3 is 5.97 Å². The number of aliphatic carboxylic acids is 1. The van der Waals surface area contributed by atoms with Crippen LogP contribution in [-0.4, -0.2) is 62.0 Å². The first-order valence-corrected chi connectivity index (χ1v) is 9.78. The first-order chi connectivity index (χ1) is 15.2. The topological polar surface area (TPSA) is 214 Å². The highest BCUT2D eigenvalue weighted by atomic mass is 16.4. The summed E-state index contributed by atoms with van der Waals surface area (Å²) in [4.78, 5) is 54.5. The van der Waals surface area contributed by atoms with E-state index in [0.29, 0.717) is 11.3 Å². The van der Waals surface area contributed by atoms with Gasteiger partial charge in [0.1, 0.15) is 17.8 Å². The first kappa shape index (κ1) is 24.3. The number of nitrogens with zero attached hydrogens (tertiary/aromatic N) is 1. The highest BCUT2D eigenvalue weighted by Crippen LogP contribution is 2.11. The van der Waals surface area contributed by atoms with E-state index in [2.05, 4.69) is 20.6 Å². The molecule has 0 aliphatic heterocycles. The Labute approximate surface area is 183 Å². The molecule has 172 valence electrons. The number of rotatable bonds is 12. The molecule has 0 bridgehead atoms. The van der Waals surface area contributed by atoms with Gasteiger partial charge < -0.3 is 37.3 Å². The van der Waals surface area contributed by atoms with Gasteiger partial charge in [0.2, 0.25) is 17.7 Å². The van der Waals surface area contributed by atoms with Gasteiger partial charge in [-0.3, -0.25) is 14.4 Å². The molecule has 12 nitrogen and oxygen atoms in total. The Morgan fingerprint density at radius 2 is 1.69 bits per heavy atom. The lowest BCUT2D eigenvalue weighted by atomic mass is 10.0. The molecule has 0 fully saturated rings. The number of carboxylic acids is 1. The molecule has 9 N–H and O–H groups in total. The zero-order chi connectivity index (χ0) is 23.7. The highest BCUT2D eigenvalue weighted by molar-refractivity contribution is 5.92. The third-order valence-corrected chi connectivity index (χ3v) is 4.63. The molecule has 3 atom stereocenters. The Bertz CT molecular complexity index is 931. The molecule has 1 aromatic carbocycles. The van der Waals surface area contributed by atoms with Gasteiger partial charge in [-0.2, -0.15) is 0 Å². The number of aromatic amines is 1. The predicted octanol–water partition coefficient (Wildman–Crippen LogP) is -1.45. The lowest BCUT2D eigenvalue weighted by molar-refractivity contribution is -0.142. The van der Waals surface area contributed by atoms with E-state index < -0.39 is 41.8 Å². The second-order valence-corrected chi connectivity index (χ2v) is 7.22. The average Bonchev–Trinajstić information content (AvgIpc) is 3.24. The van der Waals surface area contributed by atoms with Crippen LogP contribution in [0, 0.1) is 0 Å². The third kappa shape index (κ3) is 7.72. The highest BCUT2D eigenvalue weighted by Gasteiger charge is 2.28. The number of nitrogens with one attached hydrogen (secondary N) is 3. The molecule has 0 spiro atoms. The van der Waals surface area contributed by atoms with Crippen LogP contribution in [0.15, 0.2) is 36.8 Å². The summed E-state index contributed by atoms with van der Waals surface area (Å²) in [5, 5.41) is 23.5. The summed E-state index contributed by atoms with van der Waals surface area (Å²) in [5.74, 6) is -3.35. The first-order valence-electron chi connectivity index (χ1n) is 9.78. The molecule has 12 heteroatoms. The summed E-state index contributed by atoms with van der Waals surface area (Å²) in [6.45, 7) is 0. The van der Waals surface area contributed by atoms with Crippen molar-refractivity contribution in [3.8, 4) is 5.75 Å². The van der Waals surface area contributed by atoms with Crippen molar-refractivity contribution < 1.29 is 29.4 Å². The van der Waals surface area contributed by atoms with Gasteiger partial charge in [0.25, 0.3) is 0 Å². The summed E-state index contributed by atoms with van der Waals surface area (Å²) < 4.78 is 0. The summed E-state index contributed by atoms with van der Waals surface area (Å²) in [7, 11) is 0. The van der Waals surface area contributed by atoms with Gasteiger partial charge in [-0.1, -0.05) is 12.1 Å². The Kier molecular flexibility index (Phi) is 8.72. The minimum absolute atomic E-state index is 0.00562. The molecule has 0 saturated heterocycles. The number of benzene rings is 1. The Morgan fingerprint density at radius 3 is 2.25 bits per heavy atom. The molecule has 0 aliphatic rings. The third-order valence-electron chi connectivity index (χ3n) is 4.63. The Hall–Kier alpha value is -3.93. The van der Waals surface area contributed by atoms with E-state index in [1.807, 2.05) is 0 Å². The average molecular weight is 446 g/mol. The number of amides is 3. The lowest BCUT2D eigenvalue weighted by Gasteiger charge is -2.22. The van der Waals surface area contributed by atoms with Crippen LogP contribution in [0.5, 0.6) is 5.75 Å². The molecule has 1 heterocycles. The fraction of sp³-hybridized carbons (Fsp3) is 0.350. The summed E-state index contributed by atoms with van der Waals surface area (Å²) >= 11 is 0. The molecule has 2 rings (SSSR count). The number of carbonyl (C=O) groups excluding carboxylic acids is 3. The van der Waals surface area contributed by atoms with Gasteiger partial charge in [-0.25, -0.2) is 9.78 Å². The van der Waals surface area contributed by atoms with E-state index in [1.54, 1.807) is 12.1 Å². The van der Waals surface area contributed by atoms with Crippen molar-refractivity contribution >= 4 is 23.7 Å². The maximum Gasteiger partial charge on any atom is 0.326 e. The lowest BCUT2D eigenvalue weighted by Crippen LogP contribution is -2.55. The summed E-state index contributed by atoms with van der Waals surface area (Å²) in [5.41, 5.74) is 12.3. The fourth-order valence-electron chi connectivity index (χ4n) is 2.90. The largest absolute Gasteiger partial charge is 0.508 e. The van der Waals surface area contributed by atoms with Crippen molar-refractivity contribution in [1.82, 2.24) is 20.6 Å². The zero-order valence-electron chi connectivity index (χ0n) is 17.2. The standard InChI is InChI=1S/C20H26N6O6/c21-14(7-11-1-3-13(27)4-2-11)18(29)26-16(8-12-9-23-10-24-12)19(30)25-15(20(31)32)5-6-17(22)28/h1-4,9-10,14-16,27H,5-8,21H2,(H2,22,28)(H,23,24)(H,25,30)(H,26,29)(H,31,32)/t14-,15-,16-/m0/s1. The number of nitrogens with two attached hydrogens (primary N) is 2. The van der Waals surface area contributed by atoms with Gasteiger partial charge in [0, 0.05) is 24.7 Å². The second kappa shape index (κ2) is 11.5. The molecule has 3 amide bonds. The molecular formula is C20H26N6O6. The smallest absolute Gasteiger partial charge is 0.326 e. The maximum atomic E-state index is 12.8. The van der Waals surface area contributed by atoms with E-state index in [1.165, 1.54) is 24.7 Å². The monoisotopic (exact) mass is 446 g/mol. The maximum absolute atomic E-state index is 12.8. The van der Waals surface area contributed by atoms with Crippen molar-refractivity contribution in [3.05, 3.63) is 48.0 Å². The zero-order valence-corrected chi connectivity index (χ0v) is 17.2. The van der Waals surface area contributed by atoms with E-state index >= 15 is 0 Å². The number of phenolic OH excluding ortho intramolecular Hbond substituents is 1. The number of phenols is 1. The predicted molar refractivity (Wildman–Crippen MR) is 112 cm³/mol. The van der Waals surface area contributed by atoms with Gasteiger partial charge in [-0.05, 0) is 30.5 Å². The Morgan fingerprint density at radius 1 is 1.03 bits per heavy atom. The minimum Gasteiger partial charge on any atom is -0.508 e. The molecule has 2 aromatic rings. The van der Waals surface area contributed by atoms with Crippen molar-refractivity contribution in [2.45, 2.75) is 43.8 Å². The molecule has 1 aromatic heterocycles. The number of primary amides is 1. The van der Waals surface area contributed by atoms with Crippen LogP contribution in [-0.2, 0) is 32.0 Å². The molecule has 0 saturated carbocycles. The number of hydrogen-bond acceptors (Lipinski definition) is 7. The van der Waals surface area contributed by atoms with Crippen LogP contribution < -0.4 is 22.1 Å². The van der Waals surface area contributed by atoms with Crippen LogP contribution in [0.25, 0.3) is 0 Å². The number of H-pyrrole nitrogens is 1. The van der Waals surface area contributed by atoms with Crippen LogP contribution in [0.1, 0.15) is 24.1 Å². The van der Waals surface area contributed by atoms with Crippen LogP contribution in [0.3, 0.4) is 0 Å². The van der Waals surface area contributed by atoms with E-state index in [-0.39, 0.29) is 31.4 Å². The minimum atomic E-state index is -1.36. The van der Waals surface area contributed by atoms with E-state index in [4.69, 9.17) is 11.5 Å². The molecule has 0 aliphatic carbocycles. The molecular weight excluding hydrogens is 420 g/mol. The van der Waals surface area contributed by atoms with Crippen LogP contribution in [0.2, 0.25) is 0 Å². The second-order valence-electron chi connectivity index (χ2n) is 7.22. The van der Waals surface area contributed by atoms with E-state index in [9.17, 15) is 29.4 Å². The van der Waals surface area contributed by atoms with Gasteiger partial charge in [0.15, 0.2) is 0 Å². The van der Waals surface area contributed by atoms with Crippen molar-refractivity contribution in [2.75, 3.05) is 0 Å². The Balaban J connectivity index is 2.08. The van der Waals surface area contributed by atoms with Crippen LogP contribution in [0.4, 0.5) is 0 Å². The number of aromatic hydroxyl groups is 1. The molecule has 0 radical (unpaired) electrons. The van der Waals surface area contributed by atoms with E-state index in [0.717, 1.165) is 0 Å². The number of hydrogen-bond donors (Lipinski definition) is 7. The van der Waals surface area contributed by atoms with Crippen molar-refractivity contribution in [2.24, 2.45) is 11.5 Å². The van der Waals surface area contributed by atoms with Gasteiger partial charge in [0.05, 0.1) is 12.4 Å². The van der Waals surface area contributed by atoms with Gasteiger partial charge in [-0.15, -0.1) is 0 Å². The number of carbonyl (C=O) groups is 4. The SMILES string of the molecule is NC(=O)CC[C@H](NC(=O)[C@H](Cc1cnc[nH]1)NC(=O)[C@@H](N)Cc1ccc(O)cc1)C(=O)O.